The van der Waals surface area contributed by atoms with Gasteiger partial charge in [-0.1, -0.05) is 83.1 Å². The van der Waals surface area contributed by atoms with Gasteiger partial charge in [-0.2, -0.15) is 0 Å². The molecule has 0 spiro atoms. The van der Waals surface area contributed by atoms with E-state index in [1.165, 1.54) is 22.3 Å². The van der Waals surface area contributed by atoms with Crippen molar-refractivity contribution in [3.8, 4) is 0 Å². The maximum absolute atomic E-state index is 5.14. The predicted octanol–water partition coefficient (Wildman–Crippen LogP) is 14.1. The second kappa shape index (κ2) is 14.8. The van der Waals surface area contributed by atoms with Crippen LogP contribution < -0.4 is 19.6 Å². The number of nitrogens with zero attached hydrogens (tertiary/aromatic N) is 8. The number of benzene rings is 2. The summed E-state index contributed by atoms with van der Waals surface area (Å²) in [6.07, 6.45) is 8.15. The first kappa shape index (κ1) is 42.7. The highest BCUT2D eigenvalue weighted by Gasteiger charge is 2.45. The molecule has 0 aliphatic carbocycles. The maximum Gasteiger partial charge on any atom is 0.166 e. The Balaban J connectivity index is 1.54. The summed E-state index contributed by atoms with van der Waals surface area (Å²) in [6.45, 7) is 35.3. The average molecular weight is 825 g/mol. The average Bonchev–Trinajstić information content (AvgIpc) is 3.68. The van der Waals surface area contributed by atoms with E-state index < -0.39 is 0 Å². The highest BCUT2D eigenvalue weighted by molar-refractivity contribution is 6.00. The fourth-order valence-electron chi connectivity index (χ4n) is 8.24. The lowest BCUT2D eigenvalue weighted by atomic mass is 9.91. The highest BCUT2D eigenvalue weighted by atomic mass is 15.5. The Morgan fingerprint density at radius 1 is 0.306 bits per heavy atom. The van der Waals surface area contributed by atoms with E-state index in [2.05, 4.69) is 203 Å². The van der Waals surface area contributed by atoms with Gasteiger partial charge in [0.2, 0.25) is 0 Å². The number of hydrogen-bond acceptors (Lipinski definition) is 8. The van der Waals surface area contributed by atoms with E-state index in [0.29, 0.717) is 0 Å². The van der Waals surface area contributed by atoms with Gasteiger partial charge < -0.3 is 0 Å². The third-order valence-corrected chi connectivity index (χ3v) is 12.3. The van der Waals surface area contributed by atoms with Gasteiger partial charge in [-0.15, -0.1) is 0 Å². The number of hydrogen-bond donors (Lipinski definition) is 0. The monoisotopic (exact) mass is 825 g/mol. The fraction of sp³-hybridized carbons (Fsp3) is 0.370. The van der Waals surface area contributed by atoms with E-state index in [0.717, 1.165) is 79.9 Å². The van der Waals surface area contributed by atoms with Crippen LogP contribution in [0.1, 0.15) is 128 Å². The first-order valence-corrected chi connectivity index (χ1v) is 22.0. The molecule has 8 nitrogen and oxygen atoms in total. The Hall–Kier alpha value is -6.02. The van der Waals surface area contributed by atoms with Crippen molar-refractivity contribution < 1.29 is 0 Å². The van der Waals surface area contributed by atoms with E-state index in [1.54, 1.807) is 0 Å². The van der Waals surface area contributed by atoms with E-state index in [4.69, 9.17) is 19.9 Å². The second-order valence-corrected chi connectivity index (χ2v) is 21.4. The Labute approximate surface area is 370 Å². The molecule has 8 rings (SSSR count). The third-order valence-electron chi connectivity index (χ3n) is 12.3. The van der Waals surface area contributed by atoms with Gasteiger partial charge in [0, 0.05) is 44.4 Å². The van der Waals surface area contributed by atoms with Crippen LogP contribution in [0.3, 0.4) is 0 Å². The van der Waals surface area contributed by atoms with Gasteiger partial charge in [-0.3, -0.25) is 39.5 Å². The number of fused-ring (bicyclic) bond motifs is 2. The SMILES string of the molecule is Cc1cc2c(cc1C)N(c1ccc(C(C)(C)C)nc1)C(=C1N(c3ccc(C(C)(C)C)nc3)c3cc(C)c(C)cc3N1c1ccc(C(C)(C)C)nc1)N2c1ccc(C(C)(C)C)nc1. The minimum Gasteiger partial charge on any atom is -0.289 e. The van der Waals surface area contributed by atoms with Crippen LogP contribution in [0.25, 0.3) is 0 Å². The first-order chi connectivity index (χ1) is 28.9. The molecule has 0 unspecified atom stereocenters. The van der Waals surface area contributed by atoms with Gasteiger partial charge in [-0.05, 0) is 123 Å². The summed E-state index contributed by atoms with van der Waals surface area (Å²) >= 11 is 0. The Bertz CT molecular complexity index is 2310. The Morgan fingerprint density at radius 3 is 0.645 bits per heavy atom. The molecule has 0 amide bonds. The summed E-state index contributed by atoms with van der Waals surface area (Å²) in [4.78, 5) is 30.2. The van der Waals surface area contributed by atoms with Crippen LogP contribution in [-0.4, -0.2) is 19.9 Å². The lowest BCUT2D eigenvalue weighted by Gasteiger charge is -2.34. The number of aryl methyl sites for hydroxylation is 4. The number of pyridine rings is 4. The van der Waals surface area contributed by atoms with Crippen molar-refractivity contribution >= 4 is 45.5 Å². The zero-order chi connectivity index (χ0) is 44.8. The molecule has 4 aromatic heterocycles. The quantitative estimate of drug-likeness (QED) is 0.174. The van der Waals surface area contributed by atoms with Crippen molar-refractivity contribution in [3.63, 3.8) is 0 Å². The largest absolute Gasteiger partial charge is 0.289 e. The summed E-state index contributed by atoms with van der Waals surface area (Å²) in [5.41, 5.74) is 16.6. The maximum atomic E-state index is 5.14. The topological polar surface area (TPSA) is 64.5 Å². The molecule has 62 heavy (non-hydrogen) atoms. The van der Waals surface area contributed by atoms with E-state index in [-0.39, 0.29) is 21.7 Å². The summed E-state index contributed by atoms with van der Waals surface area (Å²) < 4.78 is 0. The molecule has 0 atom stereocenters. The summed E-state index contributed by atoms with van der Waals surface area (Å²) in [6, 6.07) is 26.9. The molecule has 0 bridgehead atoms. The van der Waals surface area contributed by atoms with Crippen molar-refractivity contribution in [2.24, 2.45) is 0 Å². The molecule has 2 aliphatic rings. The van der Waals surface area contributed by atoms with Crippen molar-refractivity contribution in [3.05, 3.63) is 154 Å². The minimum atomic E-state index is -0.113. The molecule has 6 aromatic rings. The Morgan fingerprint density at radius 2 is 0.500 bits per heavy atom. The number of rotatable bonds is 4. The van der Waals surface area contributed by atoms with Crippen molar-refractivity contribution in [1.82, 2.24) is 19.9 Å². The van der Waals surface area contributed by atoms with Gasteiger partial charge in [-0.25, -0.2) is 0 Å². The molecule has 320 valence electrons. The summed E-state index contributed by atoms with van der Waals surface area (Å²) in [5.74, 6) is 1.87. The fourth-order valence-corrected chi connectivity index (χ4v) is 8.24. The molecular formula is C54H64N8. The van der Waals surface area contributed by atoms with Gasteiger partial charge >= 0.3 is 0 Å². The van der Waals surface area contributed by atoms with E-state index >= 15 is 0 Å². The third kappa shape index (κ3) is 7.52. The normalized spacial score (nSPS) is 14.6. The predicted molar refractivity (Wildman–Crippen MR) is 259 cm³/mol. The van der Waals surface area contributed by atoms with Crippen LogP contribution in [0.2, 0.25) is 0 Å². The van der Waals surface area contributed by atoms with Crippen LogP contribution in [0.4, 0.5) is 45.5 Å². The van der Waals surface area contributed by atoms with Crippen molar-refractivity contribution in [2.45, 2.75) is 132 Å². The van der Waals surface area contributed by atoms with E-state index in [1.807, 2.05) is 24.8 Å². The molecule has 6 heterocycles. The van der Waals surface area contributed by atoms with Crippen molar-refractivity contribution in [1.29, 1.82) is 0 Å². The highest BCUT2D eigenvalue weighted by Crippen LogP contribution is 2.58. The van der Waals surface area contributed by atoms with Crippen LogP contribution in [0, 0.1) is 27.7 Å². The van der Waals surface area contributed by atoms with Crippen LogP contribution in [0.5, 0.6) is 0 Å². The van der Waals surface area contributed by atoms with Crippen LogP contribution in [0.15, 0.2) is 109 Å². The smallest absolute Gasteiger partial charge is 0.166 e. The van der Waals surface area contributed by atoms with Gasteiger partial charge in [0.25, 0.3) is 0 Å². The second-order valence-electron chi connectivity index (χ2n) is 21.4. The van der Waals surface area contributed by atoms with E-state index in [9.17, 15) is 0 Å². The molecule has 8 heteroatoms. The zero-order valence-electron chi connectivity index (χ0n) is 39.8. The molecular weight excluding hydrogens is 761 g/mol. The Kier molecular flexibility index (Phi) is 10.2. The zero-order valence-corrected chi connectivity index (χ0v) is 39.8. The van der Waals surface area contributed by atoms with Gasteiger partial charge in [0.1, 0.15) is 0 Å². The molecule has 0 fully saturated rings. The molecule has 0 saturated heterocycles. The molecule has 0 saturated carbocycles. The summed E-state index contributed by atoms with van der Waals surface area (Å²) in [7, 11) is 0. The number of aromatic nitrogens is 4. The lowest BCUT2D eigenvalue weighted by Crippen LogP contribution is -2.34. The van der Waals surface area contributed by atoms with Crippen LogP contribution >= 0.6 is 0 Å². The first-order valence-electron chi connectivity index (χ1n) is 22.0. The van der Waals surface area contributed by atoms with Gasteiger partial charge in [0.15, 0.2) is 11.6 Å². The standard InChI is InChI=1S/C54H64N8/c1-33-25-41-42(26-34(33)2)60(38-18-22-46(56-30-38)52(8,9)10)49(59(41)37-17-21-45(55-29-37)51(5,6)7)50-61(39-19-23-47(57-31-39)53(11,12)13)43-27-35(3)36(4)28-44(43)62(50)40-20-24-48(58-32-40)54(14,15)16/h17-32H,1-16H3. The minimum absolute atomic E-state index is 0.113. The van der Waals surface area contributed by atoms with Crippen LogP contribution in [-0.2, 0) is 21.7 Å². The molecule has 2 aromatic carbocycles. The molecule has 2 aliphatic heterocycles. The van der Waals surface area contributed by atoms with Gasteiger partial charge in [0.05, 0.1) is 70.3 Å². The number of anilines is 8. The lowest BCUT2D eigenvalue weighted by molar-refractivity contribution is 0.568. The molecule has 0 radical (unpaired) electrons. The summed E-state index contributed by atoms with van der Waals surface area (Å²) in [5, 5.41) is 0. The molecule has 0 N–H and O–H groups in total. The van der Waals surface area contributed by atoms with Crippen molar-refractivity contribution in [2.75, 3.05) is 19.6 Å².